The van der Waals surface area contributed by atoms with Crippen molar-refractivity contribution in [2.24, 2.45) is 0 Å². The summed E-state index contributed by atoms with van der Waals surface area (Å²) in [4.78, 5) is 16.7. The second-order valence-electron chi connectivity index (χ2n) is 5.71. The molecule has 5 nitrogen and oxygen atoms in total. The number of aryl methyl sites for hydroxylation is 2. The van der Waals surface area contributed by atoms with Gasteiger partial charge in [0.05, 0.1) is 17.8 Å². The Kier molecular flexibility index (Phi) is 5.20. The minimum absolute atomic E-state index is 0.313. The second-order valence-corrected chi connectivity index (χ2v) is 6.98. The molecule has 7 heteroatoms. The Morgan fingerprint density at radius 2 is 1.92 bits per heavy atom. The molecule has 0 saturated carbocycles. The minimum atomic E-state index is -0.326. The number of pyridine rings is 1. The number of rotatable bonds is 4. The Labute approximate surface area is 159 Å². The first-order valence-electron chi connectivity index (χ1n) is 7.65. The van der Waals surface area contributed by atoms with Crippen LogP contribution in [-0.4, -0.2) is 20.7 Å². The number of hydrogen-bond acceptors (Lipinski definition) is 3. The fourth-order valence-electron chi connectivity index (χ4n) is 2.41. The van der Waals surface area contributed by atoms with Crippen LogP contribution in [0.3, 0.4) is 0 Å². The Bertz CT molecular complexity index is 904. The maximum absolute atomic E-state index is 12.6. The smallest absolute Gasteiger partial charge is 0.261 e. The Hall–Kier alpha value is -2.18. The van der Waals surface area contributed by atoms with Gasteiger partial charge >= 0.3 is 0 Å². The molecular weight excluding hydrogens is 404 g/mol. The number of nitrogens with zero attached hydrogens (tertiary/aromatic N) is 3. The SMILES string of the molecule is Cc1ccc(Cn2nc(C)c(C(=O)Nc3ccc(Br)cn3)c2Cl)cc1. The summed E-state index contributed by atoms with van der Waals surface area (Å²) in [6.45, 7) is 4.30. The maximum atomic E-state index is 12.6. The predicted molar refractivity (Wildman–Crippen MR) is 102 cm³/mol. The van der Waals surface area contributed by atoms with Gasteiger partial charge in [0.2, 0.25) is 0 Å². The zero-order valence-electron chi connectivity index (χ0n) is 13.8. The largest absolute Gasteiger partial charge is 0.306 e. The van der Waals surface area contributed by atoms with Gasteiger partial charge in [-0.3, -0.25) is 4.79 Å². The van der Waals surface area contributed by atoms with Crippen LogP contribution in [0.2, 0.25) is 5.15 Å². The van der Waals surface area contributed by atoms with Crippen LogP contribution in [0.4, 0.5) is 5.82 Å². The van der Waals surface area contributed by atoms with Gasteiger partial charge in [-0.05, 0) is 47.5 Å². The lowest BCUT2D eigenvalue weighted by Gasteiger charge is -2.06. The molecule has 0 bridgehead atoms. The quantitative estimate of drug-likeness (QED) is 0.672. The summed E-state index contributed by atoms with van der Waals surface area (Å²) in [5.41, 5.74) is 3.19. The third kappa shape index (κ3) is 4.08. The lowest BCUT2D eigenvalue weighted by molar-refractivity contribution is 0.102. The van der Waals surface area contributed by atoms with E-state index < -0.39 is 0 Å². The summed E-state index contributed by atoms with van der Waals surface area (Å²) >= 11 is 9.72. The van der Waals surface area contributed by atoms with Gasteiger partial charge in [-0.1, -0.05) is 41.4 Å². The molecule has 0 aliphatic rings. The molecule has 1 amide bonds. The van der Waals surface area contributed by atoms with Crippen molar-refractivity contribution in [1.82, 2.24) is 14.8 Å². The molecule has 0 spiro atoms. The molecule has 3 rings (SSSR count). The van der Waals surface area contributed by atoms with E-state index in [9.17, 15) is 4.79 Å². The van der Waals surface area contributed by atoms with E-state index >= 15 is 0 Å². The van der Waals surface area contributed by atoms with Gasteiger partial charge < -0.3 is 5.32 Å². The number of carbonyl (C=O) groups excluding carboxylic acids is 1. The summed E-state index contributed by atoms with van der Waals surface area (Å²) in [5.74, 6) is 0.127. The van der Waals surface area contributed by atoms with Crippen LogP contribution in [-0.2, 0) is 6.54 Å². The molecule has 0 unspecified atom stereocenters. The van der Waals surface area contributed by atoms with Crippen LogP contribution in [0.15, 0.2) is 47.1 Å². The number of amides is 1. The molecular formula is C18H16BrClN4O. The summed E-state index contributed by atoms with van der Waals surface area (Å²) in [6.07, 6.45) is 1.62. The molecule has 128 valence electrons. The van der Waals surface area contributed by atoms with Crippen molar-refractivity contribution in [2.45, 2.75) is 20.4 Å². The molecule has 1 aromatic carbocycles. The summed E-state index contributed by atoms with van der Waals surface area (Å²) in [6, 6.07) is 11.6. The molecule has 0 fully saturated rings. The molecule has 0 radical (unpaired) electrons. The molecule has 0 aliphatic carbocycles. The Balaban J connectivity index is 1.82. The van der Waals surface area contributed by atoms with Crippen molar-refractivity contribution >= 4 is 39.3 Å². The lowest BCUT2D eigenvalue weighted by Crippen LogP contribution is -2.14. The fourth-order valence-corrected chi connectivity index (χ4v) is 2.97. The van der Waals surface area contributed by atoms with Gasteiger partial charge in [-0.2, -0.15) is 5.10 Å². The zero-order valence-corrected chi connectivity index (χ0v) is 16.1. The number of carbonyl (C=O) groups is 1. The van der Waals surface area contributed by atoms with Gasteiger partial charge in [0.1, 0.15) is 11.0 Å². The number of nitrogens with one attached hydrogen (secondary N) is 1. The molecule has 1 N–H and O–H groups in total. The van der Waals surface area contributed by atoms with E-state index in [0.717, 1.165) is 10.0 Å². The first-order chi connectivity index (χ1) is 11.9. The molecule has 3 aromatic rings. The normalized spacial score (nSPS) is 10.7. The molecule has 0 saturated heterocycles. The van der Waals surface area contributed by atoms with E-state index in [1.165, 1.54) is 5.56 Å². The summed E-state index contributed by atoms with van der Waals surface area (Å²) in [5, 5.41) is 7.46. The van der Waals surface area contributed by atoms with E-state index in [2.05, 4.69) is 31.3 Å². The maximum Gasteiger partial charge on any atom is 0.261 e. The van der Waals surface area contributed by atoms with Crippen molar-refractivity contribution in [3.05, 3.63) is 74.6 Å². The molecule has 0 aliphatic heterocycles. The Morgan fingerprint density at radius 1 is 1.20 bits per heavy atom. The van der Waals surface area contributed by atoms with E-state index in [-0.39, 0.29) is 5.91 Å². The number of aromatic nitrogens is 3. The van der Waals surface area contributed by atoms with Crippen LogP contribution in [0, 0.1) is 13.8 Å². The summed E-state index contributed by atoms with van der Waals surface area (Å²) < 4.78 is 2.47. The molecule has 2 heterocycles. The van der Waals surface area contributed by atoms with Gasteiger partial charge in [0.25, 0.3) is 5.91 Å². The lowest BCUT2D eigenvalue weighted by atomic mass is 10.1. The minimum Gasteiger partial charge on any atom is -0.306 e. The average Bonchev–Trinajstić information content (AvgIpc) is 2.85. The predicted octanol–water partition coefficient (Wildman–Crippen LogP) is 4.61. The Morgan fingerprint density at radius 3 is 2.56 bits per heavy atom. The van der Waals surface area contributed by atoms with Crippen LogP contribution in [0.5, 0.6) is 0 Å². The third-order valence-electron chi connectivity index (χ3n) is 3.71. The average molecular weight is 420 g/mol. The monoisotopic (exact) mass is 418 g/mol. The number of halogens is 2. The van der Waals surface area contributed by atoms with Crippen LogP contribution >= 0.6 is 27.5 Å². The van der Waals surface area contributed by atoms with Gasteiger partial charge in [0, 0.05) is 10.7 Å². The number of anilines is 1. The fraction of sp³-hybridized carbons (Fsp3) is 0.167. The topological polar surface area (TPSA) is 59.8 Å². The van der Waals surface area contributed by atoms with E-state index in [0.29, 0.717) is 28.8 Å². The van der Waals surface area contributed by atoms with Gasteiger partial charge in [-0.25, -0.2) is 9.67 Å². The first kappa shape index (κ1) is 17.6. The van der Waals surface area contributed by atoms with Crippen molar-refractivity contribution in [1.29, 1.82) is 0 Å². The number of benzene rings is 1. The molecule has 2 aromatic heterocycles. The van der Waals surface area contributed by atoms with Crippen molar-refractivity contribution in [3.8, 4) is 0 Å². The van der Waals surface area contributed by atoms with Crippen molar-refractivity contribution in [3.63, 3.8) is 0 Å². The van der Waals surface area contributed by atoms with E-state index in [1.807, 2.05) is 31.2 Å². The van der Waals surface area contributed by atoms with E-state index in [4.69, 9.17) is 11.6 Å². The highest BCUT2D eigenvalue weighted by atomic mass is 79.9. The second kappa shape index (κ2) is 7.37. The highest BCUT2D eigenvalue weighted by Crippen LogP contribution is 2.22. The zero-order chi connectivity index (χ0) is 18.0. The number of hydrogen-bond donors (Lipinski definition) is 1. The molecule has 25 heavy (non-hydrogen) atoms. The van der Waals surface area contributed by atoms with Crippen LogP contribution < -0.4 is 5.32 Å². The van der Waals surface area contributed by atoms with Crippen molar-refractivity contribution < 1.29 is 4.79 Å². The highest BCUT2D eigenvalue weighted by molar-refractivity contribution is 9.10. The van der Waals surface area contributed by atoms with Crippen LogP contribution in [0.25, 0.3) is 0 Å². The van der Waals surface area contributed by atoms with E-state index in [1.54, 1.807) is 29.9 Å². The molecule has 0 atom stereocenters. The van der Waals surface area contributed by atoms with Gasteiger partial charge in [-0.15, -0.1) is 0 Å². The van der Waals surface area contributed by atoms with Crippen molar-refractivity contribution in [2.75, 3.05) is 5.32 Å². The third-order valence-corrected chi connectivity index (χ3v) is 4.57. The summed E-state index contributed by atoms with van der Waals surface area (Å²) in [7, 11) is 0. The first-order valence-corrected chi connectivity index (χ1v) is 8.82. The standard InChI is InChI=1S/C18H16BrClN4O/c1-11-3-5-13(6-4-11)10-24-17(20)16(12(2)23-24)18(25)22-15-8-7-14(19)9-21-15/h3-9H,10H2,1-2H3,(H,21,22,25). The van der Waals surface area contributed by atoms with Gasteiger partial charge in [0.15, 0.2) is 0 Å². The highest BCUT2D eigenvalue weighted by Gasteiger charge is 2.20. The van der Waals surface area contributed by atoms with Crippen LogP contribution in [0.1, 0.15) is 27.2 Å².